The smallest absolute Gasteiger partial charge is 0.261 e. The van der Waals surface area contributed by atoms with Gasteiger partial charge in [-0.05, 0) is 29.8 Å². The predicted octanol–water partition coefficient (Wildman–Crippen LogP) is 1.29. The molecule has 2 aromatic carbocycles. The largest absolute Gasteiger partial charge is 0.486 e. The van der Waals surface area contributed by atoms with Crippen LogP contribution in [0.1, 0.15) is 38.8 Å². The van der Waals surface area contributed by atoms with Crippen LogP contribution in [0.15, 0.2) is 42.5 Å². The molecule has 1 atom stereocenters. The zero-order valence-corrected chi connectivity index (χ0v) is 15.6. The lowest BCUT2D eigenvalue weighted by Gasteiger charge is -2.20. The normalized spacial score (nSPS) is 15.8. The van der Waals surface area contributed by atoms with Crippen LogP contribution in [0.4, 0.5) is 0 Å². The fourth-order valence-corrected chi connectivity index (χ4v) is 3.34. The first kappa shape index (κ1) is 18.9. The first-order chi connectivity index (χ1) is 14.0. The first-order valence-corrected chi connectivity index (χ1v) is 9.34. The average molecular weight is 396 g/mol. The van der Waals surface area contributed by atoms with Crippen molar-refractivity contribution in [1.82, 2.24) is 10.2 Å². The van der Waals surface area contributed by atoms with Crippen molar-refractivity contribution in [3.05, 3.63) is 59.2 Å². The highest BCUT2D eigenvalue weighted by molar-refractivity contribution is 6.21. The molecule has 0 bridgehead atoms. The summed E-state index contributed by atoms with van der Waals surface area (Å²) in [7, 11) is 0. The summed E-state index contributed by atoms with van der Waals surface area (Å²) >= 11 is 0. The molecule has 29 heavy (non-hydrogen) atoms. The third kappa shape index (κ3) is 3.79. The van der Waals surface area contributed by atoms with Gasteiger partial charge in [0.2, 0.25) is 5.91 Å². The summed E-state index contributed by atoms with van der Waals surface area (Å²) in [4.78, 5) is 37.8. The van der Waals surface area contributed by atoms with Crippen LogP contribution >= 0.6 is 0 Å². The monoisotopic (exact) mass is 396 g/mol. The number of carbonyl (C=O) groups is 3. The molecule has 0 radical (unpaired) electrons. The number of rotatable bonds is 6. The number of benzene rings is 2. The van der Waals surface area contributed by atoms with Gasteiger partial charge in [-0.2, -0.15) is 0 Å². The van der Waals surface area contributed by atoms with E-state index < -0.39 is 17.9 Å². The number of amides is 3. The number of hydrogen-bond acceptors (Lipinski definition) is 6. The Labute approximate surface area is 167 Å². The van der Waals surface area contributed by atoms with Gasteiger partial charge in [0.15, 0.2) is 11.5 Å². The Morgan fingerprint density at radius 1 is 1.03 bits per heavy atom. The molecule has 2 aliphatic heterocycles. The van der Waals surface area contributed by atoms with Crippen molar-refractivity contribution in [2.45, 2.75) is 12.5 Å². The molecule has 2 N–H and O–H groups in total. The SMILES string of the molecule is O=C(CCN1C(=O)c2ccccc2C1=O)NCC(O)c1ccc2c(c1)OCCO2. The maximum atomic E-state index is 12.3. The van der Waals surface area contributed by atoms with Crippen molar-refractivity contribution in [3.8, 4) is 11.5 Å². The molecule has 8 nitrogen and oxygen atoms in total. The molecule has 0 spiro atoms. The van der Waals surface area contributed by atoms with Gasteiger partial charge in [-0.25, -0.2) is 0 Å². The molecule has 2 aliphatic rings. The van der Waals surface area contributed by atoms with E-state index in [0.717, 1.165) is 4.90 Å². The predicted molar refractivity (Wildman–Crippen MR) is 102 cm³/mol. The van der Waals surface area contributed by atoms with Crippen molar-refractivity contribution in [2.75, 3.05) is 26.3 Å². The van der Waals surface area contributed by atoms with Gasteiger partial charge >= 0.3 is 0 Å². The summed E-state index contributed by atoms with van der Waals surface area (Å²) in [5.74, 6) is 0.0319. The van der Waals surface area contributed by atoms with Crippen LogP contribution in [-0.2, 0) is 4.79 Å². The number of aliphatic hydroxyl groups is 1. The van der Waals surface area contributed by atoms with E-state index in [2.05, 4.69) is 5.32 Å². The zero-order valence-electron chi connectivity index (χ0n) is 15.6. The van der Waals surface area contributed by atoms with E-state index in [4.69, 9.17) is 9.47 Å². The van der Waals surface area contributed by atoms with E-state index in [1.165, 1.54) is 0 Å². The molecule has 3 amide bonds. The number of carbonyl (C=O) groups excluding carboxylic acids is 3. The Kier molecular flexibility index (Phi) is 5.18. The van der Waals surface area contributed by atoms with Crippen molar-refractivity contribution < 1.29 is 29.0 Å². The maximum Gasteiger partial charge on any atom is 0.261 e. The van der Waals surface area contributed by atoms with Crippen LogP contribution in [0, 0.1) is 0 Å². The number of fused-ring (bicyclic) bond motifs is 2. The standard InChI is InChI=1S/C21H20N2O6/c24-16(13-5-6-17-18(11-13)29-10-9-28-17)12-22-19(25)7-8-23-20(26)14-3-1-2-4-15(14)21(23)27/h1-6,11,16,24H,7-10,12H2,(H,22,25). The molecule has 8 heteroatoms. The van der Waals surface area contributed by atoms with Crippen molar-refractivity contribution >= 4 is 17.7 Å². The summed E-state index contributed by atoms with van der Waals surface area (Å²) in [6.07, 6.45) is -0.964. The average Bonchev–Trinajstić information content (AvgIpc) is 3.00. The summed E-state index contributed by atoms with van der Waals surface area (Å²) in [6.45, 7) is 0.915. The van der Waals surface area contributed by atoms with E-state index in [1.807, 2.05) is 0 Å². The zero-order chi connectivity index (χ0) is 20.4. The second kappa shape index (κ2) is 7.92. The highest BCUT2D eigenvalue weighted by Crippen LogP contribution is 2.32. The number of nitrogens with one attached hydrogen (secondary N) is 1. The Morgan fingerprint density at radius 3 is 2.38 bits per heavy atom. The minimum Gasteiger partial charge on any atom is -0.486 e. The third-order valence-electron chi connectivity index (χ3n) is 4.88. The molecule has 150 valence electrons. The summed E-state index contributed by atoms with van der Waals surface area (Å²) in [5, 5.41) is 12.9. The summed E-state index contributed by atoms with van der Waals surface area (Å²) < 4.78 is 10.9. The third-order valence-corrected chi connectivity index (χ3v) is 4.88. The topological polar surface area (TPSA) is 105 Å². The van der Waals surface area contributed by atoms with Gasteiger partial charge in [-0.3, -0.25) is 19.3 Å². The molecule has 0 saturated carbocycles. The second-order valence-corrected chi connectivity index (χ2v) is 6.78. The Hall–Kier alpha value is -3.39. The van der Waals surface area contributed by atoms with Crippen molar-refractivity contribution in [3.63, 3.8) is 0 Å². The van der Waals surface area contributed by atoms with E-state index in [0.29, 0.717) is 41.4 Å². The van der Waals surface area contributed by atoms with Crippen LogP contribution in [0.3, 0.4) is 0 Å². The second-order valence-electron chi connectivity index (χ2n) is 6.78. The Bertz CT molecular complexity index is 938. The minimum absolute atomic E-state index is 0.000591. The van der Waals surface area contributed by atoms with Gasteiger partial charge in [-0.15, -0.1) is 0 Å². The van der Waals surface area contributed by atoms with Gasteiger partial charge < -0.3 is 19.9 Å². The summed E-state index contributed by atoms with van der Waals surface area (Å²) in [5.41, 5.74) is 1.30. The highest BCUT2D eigenvalue weighted by Gasteiger charge is 2.34. The fraction of sp³-hybridized carbons (Fsp3) is 0.286. The number of nitrogens with zero attached hydrogens (tertiary/aromatic N) is 1. The van der Waals surface area contributed by atoms with Gasteiger partial charge in [-0.1, -0.05) is 18.2 Å². The Morgan fingerprint density at radius 2 is 1.69 bits per heavy atom. The van der Waals surface area contributed by atoms with E-state index in [1.54, 1.807) is 42.5 Å². The molecule has 0 aliphatic carbocycles. The lowest BCUT2D eigenvalue weighted by molar-refractivity contribution is -0.121. The minimum atomic E-state index is -0.922. The Balaban J connectivity index is 1.28. The van der Waals surface area contributed by atoms with Crippen molar-refractivity contribution in [2.24, 2.45) is 0 Å². The van der Waals surface area contributed by atoms with Gasteiger partial charge in [0.1, 0.15) is 13.2 Å². The van der Waals surface area contributed by atoms with Gasteiger partial charge in [0, 0.05) is 19.5 Å². The summed E-state index contributed by atoms with van der Waals surface area (Å²) in [6, 6.07) is 11.7. The molecule has 2 heterocycles. The quantitative estimate of drug-likeness (QED) is 0.713. The molecule has 2 aromatic rings. The van der Waals surface area contributed by atoms with Crippen LogP contribution in [0.25, 0.3) is 0 Å². The molecular formula is C21H20N2O6. The lowest BCUT2D eigenvalue weighted by Crippen LogP contribution is -2.35. The molecule has 1 unspecified atom stereocenters. The fourth-order valence-electron chi connectivity index (χ4n) is 3.34. The van der Waals surface area contributed by atoms with Gasteiger partial charge in [0.05, 0.1) is 17.2 Å². The molecule has 4 rings (SSSR count). The van der Waals surface area contributed by atoms with Gasteiger partial charge in [0.25, 0.3) is 11.8 Å². The number of aliphatic hydroxyl groups excluding tert-OH is 1. The van der Waals surface area contributed by atoms with Crippen LogP contribution in [0.5, 0.6) is 11.5 Å². The van der Waals surface area contributed by atoms with Crippen molar-refractivity contribution in [1.29, 1.82) is 0 Å². The van der Waals surface area contributed by atoms with Crippen LogP contribution in [0.2, 0.25) is 0 Å². The van der Waals surface area contributed by atoms with Crippen LogP contribution in [-0.4, -0.2) is 54.0 Å². The van der Waals surface area contributed by atoms with E-state index >= 15 is 0 Å². The maximum absolute atomic E-state index is 12.3. The number of imide groups is 1. The van der Waals surface area contributed by atoms with Crippen LogP contribution < -0.4 is 14.8 Å². The van der Waals surface area contributed by atoms with E-state index in [-0.39, 0.29) is 25.4 Å². The molecule has 0 saturated heterocycles. The molecule has 0 aromatic heterocycles. The number of ether oxygens (including phenoxy) is 2. The lowest BCUT2D eigenvalue weighted by atomic mass is 10.1. The molecular weight excluding hydrogens is 376 g/mol. The highest BCUT2D eigenvalue weighted by atomic mass is 16.6. The van der Waals surface area contributed by atoms with E-state index in [9.17, 15) is 19.5 Å². The first-order valence-electron chi connectivity index (χ1n) is 9.34. The number of hydrogen-bond donors (Lipinski definition) is 2. The molecule has 0 fully saturated rings.